The standard InChI is InChI=1S/C26H47NO6/c1-2-3-4-5-6-7-8-9-10-11-12-13-14-15-16-17-24(29)27(20-22-28)21-23-33-26(32)19-18-25(30)31/h18-19,28H,2-17,20-23H2,1H3,(H,30,31)/b19-18-. The molecule has 2 N–H and O–H groups in total. The number of nitrogens with zero attached hydrogens (tertiary/aromatic N) is 1. The van der Waals surface area contributed by atoms with Gasteiger partial charge in [0.1, 0.15) is 6.61 Å². The molecule has 0 aliphatic heterocycles. The van der Waals surface area contributed by atoms with E-state index >= 15 is 0 Å². The second-order valence-electron chi connectivity index (χ2n) is 8.64. The summed E-state index contributed by atoms with van der Waals surface area (Å²) in [7, 11) is 0. The van der Waals surface area contributed by atoms with Gasteiger partial charge in [-0.1, -0.05) is 96.8 Å². The third-order valence-corrected chi connectivity index (χ3v) is 5.68. The molecule has 0 saturated heterocycles. The average Bonchev–Trinajstić information content (AvgIpc) is 2.79. The number of aliphatic hydroxyl groups excluding tert-OH is 1. The Morgan fingerprint density at radius 2 is 1.21 bits per heavy atom. The van der Waals surface area contributed by atoms with Gasteiger partial charge in [0.05, 0.1) is 13.2 Å². The topological polar surface area (TPSA) is 104 Å². The van der Waals surface area contributed by atoms with Crippen LogP contribution in [0.4, 0.5) is 0 Å². The summed E-state index contributed by atoms with van der Waals surface area (Å²) in [6.07, 6.45) is 21.0. The molecule has 0 fully saturated rings. The maximum Gasteiger partial charge on any atom is 0.331 e. The molecule has 0 aliphatic rings. The number of carboxylic acids is 1. The molecule has 0 saturated carbocycles. The van der Waals surface area contributed by atoms with E-state index in [1.807, 2.05) is 0 Å². The Balaban J connectivity index is 3.67. The molecule has 33 heavy (non-hydrogen) atoms. The Morgan fingerprint density at radius 3 is 1.67 bits per heavy atom. The van der Waals surface area contributed by atoms with Crippen LogP contribution in [0.25, 0.3) is 0 Å². The minimum absolute atomic E-state index is 0.0343. The lowest BCUT2D eigenvalue weighted by molar-refractivity contribution is -0.141. The molecular weight excluding hydrogens is 422 g/mol. The van der Waals surface area contributed by atoms with Gasteiger partial charge in [0.2, 0.25) is 5.91 Å². The quantitative estimate of drug-likeness (QED) is 0.120. The number of aliphatic hydroxyl groups is 1. The molecule has 0 atom stereocenters. The van der Waals surface area contributed by atoms with E-state index in [9.17, 15) is 14.4 Å². The number of carbonyl (C=O) groups is 3. The summed E-state index contributed by atoms with van der Waals surface area (Å²) in [6.45, 7) is 2.44. The van der Waals surface area contributed by atoms with Crippen LogP contribution in [0.5, 0.6) is 0 Å². The monoisotopic (exact) mass is 469 g/mol. The number of aliphatic carboxylic acids is 1. The molecule has 0 aromatic rings. The lowest BCUT2D eigenvalue weighted by atomic mass is 10.0. The number of ether oxygens (including phenoxy) is 1. The van der Waals surface area contributed by atoms with Crippen LogP contribution in [0.1, 0.15) is 110 Å². The number of unbranched alkanes of at least 4 members (excludes halogenated alkanes) is 14. The van der Waals surface area contributed by atoms with Crippen molar-refractivity contribution in [3.8, 4) is 0 Å². The van der Waals surface area contributed by atoms with Gasteiger partial charge in [0.25, 0.3) is 0 Å². The predicted octanol–water partition coefficient (Wildman–Crippen LogP) is 5.25. The van der Waals surface area contributed by atoms with Crippen LogP contribution >= 0.6 is 0 Å². The van der Waals surface area contributed by atoms with Gasteiger partial charge in [0.15, 0.2) is 0 Å². The minimum Gasteiger partial charge on any atom is -0.478 e. The Morgan fingerprint density at radius 1 is 0.727 bits per heavy atom. The zero-order valence-electron chi connectivity index (χ0n) is 20.8. The molecule has 7 nitrogen and oxygen atoms in total. The fourth-order valence-corrected chi connectivity index (χ4v) is 3.73. The molecule has 0 aliphatic carbocycles. The second kappa shape index (κ2) is 23.3. The number of amides is 1. The van der Waals surface area contributed by atoms with Crippen molar-refractivity contribution in [1.82, 2.24) is 4.90 Å². The fourth-order valence-electron chi connectivity index (χ4n) is 3.73. The van der Waals surface area contributed by atoms with Gasteiger partial charge >= 0.3 is 11.9 Å². The van der Waals surface area contributed by atoms with Crippen molar-refractivity contribution in [2.24, 2.45) is 0 Å². The third kappa shape index (κ3) is 21.7. The molecule has 0 radical (unpaired) electrons. The van der Waals surface area contributed by atoms with Crippen molar-refractivity contribution < 1.29 is 29.3 Å². The molecular formula is C26H47NO6. The van der Waals surface area contributed by atoms with Gasteiger partial charge in [-0.3, -0.25) is 4.79 Å². The van der Waals surface area contributed by atoms with Gasteiger partial charge in [-0.05, 0) is 6.42 Å². The second-order valence-corrected chi connectivity index (χ2v) is 8.64. The first-order valence-electron chi connectivity index (χ1n) is 13.0. The fraction of sp³-hybridized carbons (Fsp3) is 0.808. The van der Waals surface area contributed by atoms with E-state index in [1.54, 1.807) is 0 Å². The number of rotatable bonds is 23. The van der Waals surface area contributed by atoms with Gasteiger partial charge in [-0.25, -0.2) is 9.59 Å². The number of hydrogen-bond donors (Lipinski definition) is 2. The van der Waals surface area contributed by atoms with Crippen molar-refractivity contribution in [3.63, 3.8) is 0 Å². The van der Waals surface area contributed by atoms with Crippen LogP contribution < -0.4 is 0 Å². The highest BCUT2D eigenvalue weighted by atomic mass is 16.5. The molecule has 0 aromatic heterocycles. The first kappa shape index (κ1) is 31.1. The highest BCUT2D eigenvalue weighted by Crippen LogP contribution is 2.14. The Bertz CT molecular complexity index is 535. The summed E-state index contributed by atoms with van der Waals surface area (Å²) >= 11 is 0. The van der Waals surface area contributed by atoms with Crippen LogP contribution in [0.3, 0.4) is 0 Å². The summed E-state index contributed by atoms with van der Waals surface area (Å²) in [5.74, 6) is -2.06. The van der Waals surface area contributed by atoms with Crippen molar-refractivity contribution in [2.45, 2.75) is 110 Å². The summed E-state index contributed by atoms with van der Waals surface area (Å²) < 4.78 is 4.89. The van der Waals surface area contributed by atoms with Gasteiger partial charge < -0.3 is 19.8 Å². The largest absolute Gasteiger partial charge is 0.478 e. The molecule has 192 valence electrons. The van der Waals surface area contributed by atoms with Crippen LogP contribution in [0, 0.1) is 0 Å². The van der Waals surface area contributed by atoms with Crippen molar-refractivity contribution in [3.05, 3.63) is 12.2 Å². The minimum atomic E-state index is -1.23. The lowest BCUT2D eigenvalue weighted by Gasteiger charge is -2.21. The van der Waals surface area contributed by atoms with Crippen molar-refractivity contribution in [1.29, 1.82) is 0 Å². The lowest BCUT2D eigenvalue weighted by Crippen LogP contribution is -2.36. The van der Waals surface area contributed by atoms with E-state index in [0.29, 0.717) is 12.5 Å². The molecule has 7 heteroatoms. The molecule has 0 heterocycles. The highest BCUT2D eigenvalue weighted by molar-refractivity contribution is 5.90. The van der Waals surface area contributed by atoms with E-state index < -0.39 is 11.9 Å². The molecule has 0 rings (SSSR count). The zero-order valence-corrected chi connectivity index (χ0v) is 20.8. The Kier molecular flexibility index (Phi) is 21.9. The van der Waals surface area contributed by atoms with Crippen LogP contribution in [-0.4, -0.2) is 59.3 Å². The average molecular weight is 470 g/mol. The van der Waals surface area contributed by atoms with E-state index in [-0.39, 0.29) is 32.2 Å². The summed E-state index contributed by atoms with van der Waals surface area (Å²) in [6, 6.07) is 0. The normalized spacial score (nSPS) is 11.1. The number of esters is 1. The van der Waals surface area contributed by atoms with Gasteiger partial charge in [-0.15, -0.1) is 0 Å². The predicted molar refractivity (Wildman–Crippen MR) is 131 cm³/mol. The number of carboxylic acid groups (broad SMARTS) is 1. The molecule has 0 spiro atoms. The van der Waals surface area contributed by atoms with Crippen LogP contribution in [-0.2, 0) is 19.1 Å². The van der Waals surface area contributed by atoms with E-state index in [2.05, 4.69) is 6.92 Å². The molecule has 1 amide bonds. The SMILES string of the molecule is CCCCCCCCCCCCCCCCCC(=O)N(CCO)CCOC(=O)/C=C\C(=O)O. The smallest absolute Gasteiger partial charge is 0.331 e. The molecule has 0 aromatic carbocycles. The van der Waals surface area contributed by atoms with E-state index in [0.717, 1.165) is 25.3 Å². The Labute approximate surface area is 200 Å². The van der Waals surface area contributed by atoms with Gasteiger partial charge in [0, 0.05) is 25.1 Å². The maximum atomic E-state index is 12.3. The van der Waals surface area contributed by atoms with Crippen molar-refractivity contribution in [2.75, 3.05) is 26.3 Å². The molecule has 0 unspecified atom stereocenters. The number of carbonyl (C=O) groups excluding carboxylic acids is 2. The first-order chi connectivity index (χ1) is 16.0. The first-order valence-corrected chi connectivity index (χ1v) is 13.0. The molecule has 0 bridgehead atoms. The summed E-state index contributed by atoms with van der Waals surface area (Å²) in [5, 5.41) is 17.6. The highest BCUT2D eigenvalue weighted by Gasteiger charge is 2.13. The van der Waals surface area contributed by atoms with Crippen LogP contribution in [0.15, 0.2) is 12.2 Å². The van der Waals surface area contributed by atoms with E-state index in [4.69, 9.17) is 14.9 Å². The van der Waals surface area contributed by atoms with Crippen molar-refractivity contribution >= 4 is 17.8 Å². The maximum absolute atomic E-state index is 12.3. The Hall–Kier alpha value is -1.89. The zero-order chi connectivity index (χ0) is 24.6. The summed E-state index contributed by atoms with van der Waals surface area (Å²) in [4.78, 5) is 35.6. The van der Waals surface area contributed by atoms with Gasteiger partial charge in [-0.2, -0.15) is 0 Å². The number of hydrogen-bond acceptors (Lipinski definition) is 5. The third-order valence-electron chi connectivity index (χ3n) is 5.68. The van der Waals surface area contributed by atoms with Crippen LogP contribution in [0.2, 0.25) is 0 Å². The summed E-state index contributed by atoms with van der Waals surface area (Å²) in [5.41, 5.74) is 0. The van der Waals surface area contributed by atoms with E-state index in [1.165, 1.54) is 81.9 Å².